The zero-order valence-electron chi connectivity index (χ0n) is 10.8. The van der Waals surface area contributed by atoms with Gasteiger partial charge in [0.25, 0.3) is 0 Å². The van der Waals surface area contributed by atoms with Gasteiger partial charge in [-0.25, -0.2) is 0 Å². The van der Waals surface area contributed by atoms with E-state index in [1.54, 1.807) is 0 Å². The van der Waals surface area contributed by atoms with Gasteiger partial charge in [-0.05, 0) is 51.4 Å². The molecule has 0 unspecified atom stereocenters. The highest BCUT2D eigenvalue weighted by atomic mass is 14.9. The van der Waals surface area contributed by atoms with Gasteiger partial charge in [-0.2, -0.15) is 0 Å². The van der Waals surface area contributed by atoms with Gasteiger partial charge in [0.15, 0.2) is 0 Å². The average Bonchev–Trinajstić information content (AvgIpc) is 2.28. The Kier molecular flexibility index (Phi) is 5.64. The number of quaternary nitrogens is 2. The molecule has 0 amide bonds. The summed E-state index contributed by atoms with van der Waals surface area (Å²) in [5.74, 6) is 0. The summed E-state index contributed by atoms with van der Waals surface area (Å²) in [5, 5.41) is 5.31. The molecule has 3 fully saturated rings. The number of hydrogen-bond donors (Lipinski definition) is 2. The van der Waals surface area contributed by atoms with Crippen LogP contribution in [0, 0.1) is 0 Å². The van der Waals surface area contributed by atoms with Crippen LogP contribution in [-0.4, -0.2) is 25.2 Å². The lowest BCUT2D eigenvalue weighted by Crippen LogP contribution is -2.92. The van der Waals surface area contributed by atoms with Gasteiger partial charge in [-0.15, -0.1) is 0 Å². The molecule has 4 N–H and O–H groups in total. The van der Waals surface area contributed by atoms with Crippen molar-refractivity contribution in [1.82, 2.24) is 0 Å². The van der Waals surface area contributed by atoms with Crippen LogP contribution in [0.2, 0.25) is 0 Å². The molecule has 16 heavy (non-hydrogen) atoms. The monoisotopic (exact) mass is 226 g/mol. The molecule has 2 aliphatic heterocycles. The second kappa shape index (κ2) is 7.29. The first-order chi connectivity index (χ1) is 7.95. The molecular formula is C14H30N2+2. The summed E-state index contributed by atoms with van der Waals surface area (Å²) < 4.78 is 0. The van der Waals surface area contributed by atoms with Gasteiger partial charge in [0.05, 0.1) is 25.2 Å². The van der Waals surface area contributed by atoms with E-state index in [4.69, 9.17) is 0 Å². The third kappa shape index (κ3) is 4.42. The molecule has 2 heteroatoms. The summed E-state index contributed by atoms with van der Waals surface area (Å²) in [4.78, 5) is 0. The van der Waals surface area contributed by atoms with Crippen molar-refractivity contribution in [2.45, 2.75) is 76.3 Å². The molecular weight excluding hydrogens is 196 g/mol. The van der Waals surface area contributed by atoms with E-state index in [1.807, 2.05) is 0 Å². The summed E-state index contributed by atoms with van der Waals surface area (Å²) >= 11 is 0. The maximum Gasteiger partial charge on any atom is 0.0859 e. The molecule has 0 aromatic carbocycles. The molecule has 2 saturated heterocycles. The zero-order chi connectivity index (χ0) is 11.1. The lowest BCUT2D eigenvalue weighted by molar-refractivity contribution is -0.702. The Balaban J connectivity index is 1.90. The summed E-state index contributed by atoms with van der Waals surface area (Å²) in [6, 6.07) is 1.92. The van der Waals surface area contributed by atoms with Gasteiger partial charge >= 0.3 is 0 Å². The fraction of sp³-hybridized carbons (Fsp3) is 1.00. The van der Waals surface area contributed by atoms with E-state index in [9.17, 15) is 0 Å². The van der Waals surface area contributed by atoms with Gasteiger partial charge < -0.3 is 10.6 Å². The minimum absolute atomic E-state index is 0.958. The van der Waals surface area contributed by atoms with Crippen LogP contribution in [-0.2, 0) is 0 Å². The van der Waals surface area contributed by atoms with Gasteiger partial charge in [-0.1, -0.05) is 0 Å². The minimum Gasteiger partial charge on any atom is -0.344 e. The van der Waals surface area contributed by atoms with Gasteiger partial charge in [0.2, 0.25) is 0 Å². The Morgan fingerprint density at radius 2 is 0.875 bits per heavy atom. The first-order valence-corrected chi connectivity index (χ1v) is 7.62. The molecule has 3 aliphatic rings. The van der Waals surface area contributed by atoms with Crippen molar-refractivity contribution in [1.29, 1.82) is 0 Å². The molecule has 1 aliphatic carbocycles. The fourth-order valence-electron chi connectivity index (χ4n) is 3.38. The molecule has 0 atom stereocenters. The van der Waals surface area contributed by atoms with E-state index in [-0.39, 0.29) is 0 Å². The lowest BCUT2D eigenvalue weighted by Gasteiger charge is -2.22. The predicted molar refractivity (Wildman–Crippen MR) is 67.3 cm³/mol. The number of fused-ring (bicyclic) bond motifs is 11. The zero-order valence-corrected chi connectivity index (χ0v) is 10.8. The van der Waals surface area contributed by atoms with Crippen molar-refractivity contribution in [2.75, 3.05) is 13.1 Å². The Hall–Kier alpha value is -0.0800. The van der Waals surface area contributed by atoms with Crippen molar-refractivity contribution in [3.05, 3.63) is 0 Å². The third-order valence-corrected chi connectivity index (χ3v) is 4.46. The van der Waals surface area contributed by atoms with E-state index >= 15 is 0 Å². The number of nitrogens with two attached hydrogens (primary N) is 2. The Labute approximate surface area is 101 Å². The Bertz CT molecular complexity index is 144. The van der Waals surface area contributed by atoms with Crippen LogP contribution in [0.3, 0.4) is 0 Å². The quantitative estimate of drug-likeness (QED) is 0.612. The van der Waals surface area contributed by atoms with Gasteiger partial charge in [0.1, 0.15) is 0 Å². The van der Waals surface area contributed by atoms with Crippen LogP contribution >= 0.6 is 0 Å². The molecule has 0 aromatic rings. The highest BCUT2D eigenvalue weighted by Gasteiger charge is 2.18. The Morgan fingerprint density at radius 1 is 0.500 bits per heavy atom. The van der Waals surface area contributed by atoms with Crippen LogP contribution < -0.4 is 10.6 Å². The number of hydrogen-bond acceptors (Lipinski definition) is 0. The van der Waals surface area contributed by atoms with Crippen LogP contribution in [0.4, 0.5) is 0 Å². The largest absolute Gasteiger partial charge is 0.344 e. The minimum atomic E-state index is 0.958. The molecule has 2 heterocycles. The molecule has 1 saturated carbocycles. The van der Waals surface area contributed by atoms with Crippen LogP contribution in [0.25, 0.3) is 0 Å². The fourth-order valence-corrected chi connectivity index (χ4v) is 3.38. The maximum atomic E-state index is 2.65. The van der Waals surface area contributed by atoms with E-state index in [2.05, 4.69) is 10.6 Å². The van der Waals surface area contributed by atoms with Crippen molar-refractivity contribution in [3.8, 4) is 0 Å². The molecule has 0 radical (unpaired) electrons. The van der Waals surface area contributed by atoms with Crippen molar-refractivity contribution in [2.24, 2.45) is 0 Å². The Morgan fingerprint density at radius 3 is 1.25 bits per heavy atom. The first kappa shape index (κ1) is 12.4. The lowest BCUT2D eigenvalue weighted by atomic mass is 9.94. The molecule has 3 rings (SSSR count). The second-order valence-electron chi connectivity index (χ2n) is 5.84. The third-order valence-electron chi connectivity index (χ3n) is 4.46. The summed E-state index contributed by atoms with van der Waals surface area (Å²) in [5.41, 5.74) is 0. The van der Waals surface area contributed by atoms with Crippen LogP contribution in [0.15, 0.2) is 0 Å². The van der Waals surface area contributed by atoms with E-state index < -0.39 is 0 Å². The molecule has 2 nitrogen and oxygen atoms in total. The van der Waals surface area contributed by atoms with Gasteiger partial charge in [0, 0.05) is 12.8 Å². The van der Waals surface area contributed by atoms with Crippen LogP contribution in [0.5, 0.6) is 0 Å². The standard InChI is InChI=1S/C14H28N2/c1-2-8-14-10-4-3-9-13(7-1)15-11-5-6-12-16-14/h13-16H,1-12H2/p+2. The smallest absolute Gasteiger partial charge is 0.0859 e. The number of rotatable bonds is 0. The van der Waals surface area contributed by atoms with Crippen LogP contribution in [0.1, 0.15) is 64.2 Å². The van der Waals surface area contributed by atoms with E-state index in [1.165, 1.54) is 77.3 Å². The highest BCUT2D eigenvalue weighted by Crippen LogP contribution is 2.14. The van der Waals surface area contributed by atoms with E-state index in [0.29, 0.717) is 0 Å². The van der Waals surface area contributed by atoms with Crippen molar-refractivity contribution in [3.63, 3.8) is 0 Å². The molecule has 0 aromatic heterocycles. The SMILES string of the molecule is C1CC[NH2+]C2CCCCC(CCCC2)[NH2+]C1. The first-order valence-electron chi connectivity index (χ1n) is 7.62. The molecule has 94 valence electrons. The van der Waals surface area contributed by atoms with Crippen molar-refractivity contribution >= 4 is 0 Å². The maximum absolute atomic E-state index is 2.65. The highest BCUT2D eigenvalue weighted by molar-refractivity contribution is 4.64. The predicted octanol–water partition coefficient (Wildman–Crippen LogP) is 0.779. The molecule has 2 bridgehead atoms. The average molecular weight is 226 g/mol. The topological polar surface area (TPSA) is 33.2 Å². The normalized spacial score (nSPS) is 34.5. The van der Waals surface area contributed by atoms with E-state index in [0.717, 1.165) is 12.1 Å². The van der Waals surface area contributed by atoms with Crippen molar-refractivity contribution < 1.29 is 10.6 Å². The summed E-state index contributed by atoms with van der Waals surface area (Å²) in [7, 11) is 0. The summed E-state index contributed by atoms with van der Waals surface area (Å²) in [6.45, 7) is 2.76. The second-order valence-corrected chi connectivity index (χ2v) is 5.84. The molecule has 0 spiro atoms. The summed E-state index contributed by atoms with van der Waals surface area (Å²) in [6.07, 6.45) is 14.7. The van der Waals surface area contributed by atoms with Gasteiger partial charge in [-0.3, -0.25) is 0 Å².